The molecule has 0 spiro atoms. The van der Waals surface area contributed by atoms with Crippen LogP contribution in [-0.4, -0.2) is 20.2 Å². The van der Waals surface area contributed by atoms with Crippen LogP contribution in [0, 0.1) is 11.3 Å². The van der Waals surface area contributed by atoms with E-state index in [9.17, 15) is 4.79 Å². The quantitative estimate of drug-likeness (QED) is 0.481. The van der Waals surface area contributed by atoms with Crippen molar-refractivity contribution >= 4 is 11.7 Å². The number of nitrogens with one attached hydrogen (secondary N) is 1. The first-order chi connectivity index (χ1) is 13.2. The summed E-state index contributed by atoms with van der Waals surface area (Å²) in [7, 11) is 3.07. The van der Waals surface area contributed by atoms with E-state index in [0.29, 0.717) is 12.0 Å². The normalized spacial score (nSPS) is 11.3. The van der Waals surface area contributed by atoms with E-state index in [2.05, 4.69) is 16.1 Å². The maximum atomic E-state index is 11.2. The van der Waals surface area contributed by atoms with Crippen LogP contribution in [0.5, 0.6) is 5.75 Å². The minimum atomic E-state index is -0.157. The summed E-state index contributed by atoms with van der Waals surface area (Å²) in [5, 5.41) is 12.6. The van der Waals surface area contributed by atoms with Crippen LogP contribution in [0.15, 0.2) is 48.5 Å². The molecule has 0 heterocycles. The maximum absolute atomic E-state index is 11.2. The third-order valence-electron chi connectivity index (χ3n) is 4.47. The van der Waals surface area contributed by atoms with Crippen molar-refractivity contribution in [2.75, 3.05) is 19.5 Å². The van der Waals surface area contributed by atoms with Crippen LogP contribution in [0.2, 0.25) is 0 Å². The Morgan fingerprint density at radius 2 is 1.74 bits per heavy atom. The van der Waals surface area contributed by atoms with Crippen molar-refractivity contribution in [1.29, 1.82) is 5.26 Å². The predicted molar refractivity (Wildman–Crippen MR) is 106 cm³/mol. The van der Waals surface area contributed by atoms with E-state index in [1.165, 1.54) is 7.11 Å². The number of unbranched alkanes of at least 4 members (excludes halogenated alkanes) is 2. The number of methoxy groups -OCH3 is 2. The lowest BCUT2D eigenvalue weighted by Crippen LogP contribution is -2.11. The molecule has 0 radical (unpaired) electrons. The fourth-order valence-corrected chi connectivity index (χ4v) is 2.90. The molecule has 5 nitrogen and oxygen atoms in total. The molecular formula is C22H26N2O3. The highest BCUT2D eigenvalue weighted by atomic mass is 16.5. The van der Waals surface area contributed by atoms with Crippen molar-refractivity contribution < 1.29 is 14.3 Å². The minimum Gasteiger partial charge on any atom is -0.497 e. The van der Waals surface area contributed by atoms with Gasteiger partial charge in [-0.2, -0.15) is 5.26 Å². The van der Waals surface area contributed by atoms with Crippen molar-refractivity contribution in [1.82, 2.24) is 0 Å². The van der Waals surface area contributed by atoms with Crippen LogP contribution in [0.1, 0.15) is 49.3 Å². The van der Waals surface area contributed by atoms with Gasteiger partial charge in [-0.3, -0.25) is 4.79 Å². The number of rotatable bonds is 10. The summed E-state index contributed by atoms with van der Waals surface area (Å²) in [6.07, 6.45) is 4.18. The molecule has 142 valence electrons. The molecule has 0 aromatic heterocycles. The van der Waals surface area contributed by atoms with Gasteiger partial charge in [-0.15, -0.1) is 0 Å². The zero-order valence-electron chi connectivity index (χ0n) is 15.9. The van der Waals surface area contributed by atoms with E-state index in [1.807, 2.05) is 48.5 Å². The number of carbonyl (C=O) groups is 1. The molecule has 1 unspecified atom stereocenters. The lowest BCUT2D eigenvalue weighted by molar-refractivity contribution is -0.140. The smallest absolute Gasteiger partial charge is 0.305 e. The van der Waals surface area contributed by atoms with Gasteiger partial charge in [-0.1, -0.05) is 25.0 Å². The highest BCUT2D eigenvalue weighted by Gasteiger charge is 2.12. The molecule has 0 saturated heterocycles. The average molecular weight is 366 g/mol. The van der Waals surface area contributed by atoms with Gasteiger partial charge in [0, 0.05) is 12.1 Å². The standard InChI is InChI=1S/C22H26N2O3/c1-26-20-14-12-19(13-15-20)24-21(6-4-3-5-7-22(25)27-2)18-10-8-17(16-23)9-11-18/h8-15,21,24H,3-7H2,1-2H3. The fourth-order valence-electron chi connectivity index (χ4n) is 2.90. The Bertz CT molecular complexity index is 749. The second-order valence-electron chi connectivity index (χ2n) is 6.33. The van der Waals surface area contributed by atoms with Gasteiger partial charge in [0.05, 0.1) is 31.9 Å². The Labute approximate surface area is 160 Å². The highest BCUT2D eigenvalue weighted by molar-refractivity contribution is 5.68. The molecular weight excluding hydrogens is 340 g/mol. The zero-order valence-corrected chi connectivity index (χ0v) is 15.9. The van der Waals surface area contributed by atoms with Gasteiger partial charge in [-0.05, 0) is 54.8 Å². The largest absolute Gasteiger partial charge is 0.497 e. The fraction of sp³-hybridized carbons (Fsp3) is 0.364. The number of esters is 1. The summed E-state index contributed by atoms with van der Waals surface area (Å²) in [4.78, 5) is 11.2. The van der Waals surface area contributed by atoms with Crippen LogP contribution < -0.4 is 10.1 Å². The monoisotopic (exact) mass is 366 g/mol. The van der Waals surface area contributed by atoms with Gasteiger partial charge in [0.25, 0.3) is 0 Å². The number of ether oxygens (including phenoxy) is 2. The number of carbonyl (C=O) groups excluding carboxylic acids is 1. The van der Waals surface area contributed by atoms with Crippen LogP contribution in [-0.2, 0) is 9.53 Å². The maximum Gasteiger partial charge on any atom is 0.305 e. The molecule has 1 atom stereocenters. The van der Waals surface area contributed by atoms with E-state index < -0.39 is 0 Å². The molecule has 0 fully saturated rings. The van der Waals surface area contributed by atoms with E-state index in [0.717, 1.165) is 42.7 Å². The summed E-state index contributed by atoms with van der Waals surface area (Å²) < 4.78 is 9.89. The third-order valence-corrected chi connectivity index (χ3v) is 4.47. The van der Waals surface area contributed by atoms with E-state index >= 15 is 0 Å². The first-order valence-electron chi connectivity index (χ1n) is 9.13. The van der Waals surface area contributed by atoms with E-state index in [-0.39, 0.29) is 12.0 Å². The van der Waals surface area contributed by atoms with Gasteiger partial charge in [0.2, 0.25) is 0 Å². The molecule has 1 N–H and O–H groups in total. The van der Waals surface area contributed by atoms with Gasteiger partial charge >= 0.3 is 5.97 Å². The van der Waals surface area contributed by atoms with Gasteiger partial charge < -0.3 is 14.8 Å². The number of anilines is 1. The SMILES string of the molecule is COC(=O)CCCCCC(Nc1ccc(OC)cc1)c1ccc(C#N)cc1. The Kier molecular flexibility index (Phi) is 8.18. The molecule has 0 saturated carbocycles. The highest BCUT2D eigenvalue weighted by Crippen LogP contribution is 2.26. The molecule has 0 bridgehead atoms. The summed E-state index contributed by atoms with van der Waals surface area (Å²) >= 11 is 0. The summed E-state index contributed by atoms with van der Waals surface area (Å²) in [6.45, 7) is 0. The number of hydrogen-bond donors (Lipinski definition) is 1. The summed E-state index contributed by atoms with van der Waals surface area (Å²) in [5.41, 5.74) is 2.80. The van der Waals surface area contributed by atoms with Gasteiger partial charge in [0.15, 0.2) is 0 Å². The first kappa shape index (κ1) is 20.3. The second-order valence-corrected chi connectivity index (χ2v) is 6.33. The Hall–Kier alpha value is -3.00. The molecule has 2 rings (SSSR count). The van der Waals surface area contributed by atoms with Crippen LogP contribution >= 0.6 is 0 Å². The van der Waals surface area contributed by atoms with Gasteiger partial charge in [0.1, 0.15) is 5.75 Å². The van der Waals surface area contributed by atoms with Crippen LogP contribution in [0.25, 0.3) is 0 Å². The number of nitriles is 1. The van der Waals surface area contributed by atoms with Gasteiger partial charge in [-0.25, -0.2) is 0 Å². The molecule has 0 aliphatic rings. The molecule has 5 heteroatoms. The van der Waals surface area contributed by atoms with Crippen molar-refractivity contribution in [3.8, 4) is 11.8 Å². The van der Waals surface area contributed by atoms with Crippen molar-refractivity contribution in [3.63, 3.8) is 0 Å². The second kappa shape index (κ2) is 10.9. The number of benzene rings is 2. The summed E-state index contributed by atoms with van der Waals surface area (Å²) in [6, 6.07) is 17.8. The third kappa shape index (κ3) is 6.67. The predicted octanol–water partition coefficient (Wildman–Crippen LogP) is 4.84. The molecule has 0 aliphatic carbocycles. The van der Waals surface area contributed by atoms with E-state index in [4.69, 9.17) is 10.00 Å². The average Bonchev–Trinajstić information content (AvgIpc) is 2.73. The zero-order chi connectivity index (χ0) is 19.5. The topological polar surface area (TPSA) is 71.3 Å². The first-order valence-corrected chi connectivity index (χ1v) is 9.13. The minimum absolute atomic E-state index is 0.129. The Balaban J connectivity index is 2.00. The lowest BCUT2D eigenvalue weighted by atomic mass is 9.98. The molecule has 27 heavy (non-hydrogen) atoms. The Morgan fingerprint density at radius 1 is 1.04 bits per heavy atom. The number of hydrogen-bond acceptors (Lipinski definition) is 5. The molecule has 0 aliphatic heterocycles. The molecule has 2 aromatic rings. The lowest BCUT2D eigenvalue weighted by Gasteiger charge is -2.21. The molecule has 2 aromatic carbocycles. The summed E-state index contributed by atoms with van der Waals surface area (Å²) in [5.74, 6) is 0.660. The van der Waals surface area contributed by atoms with Crippen LogP contribution in [0.4, 0.5) is 5.69 Å². The van der Waals surface area contributed by atoms with E-state index in [1.54, 1.807) is 7.11 Å². The van der Waals surface area contributed by atoms with Crippen molar-refractivity contribution in [2.24, 2.45) is 0 Å². The Morgan fingerprint density at radius 3 is 2.33 bits per heavy atom. The van der Waals surface area contributed by atoms with Crippen molar-refractivity contribution in [2.45, 2.75) is 38.1 Å². The van der Waals surface area contributed by atoms with Crippen LogP contribution in [0.3, 0.4) is 0 Å². The number of nitrogens with zero attached hydrogens (tertiary/aromatic N) is 1. The molecule has 0 amide bonds. The van der Waals surface area contributed by atoms with Crippen molar-refractivity contribution in [3.05, 3.63) is 59.7 Å².